The smallest absolute Gasteiger partial charge is 0.413 e. The molecule has 0 spiro atoms. The number of methoxy groups -OCH3 is 1. The number of hydrogen-bond acceptors (Lipinski definition) is 8. The topological polar surface area (TPSA) is 132 Å². The zero-order chi connectivity index (χ0) is 21.9. The van der Waals surface area contributed by atoms with E-state index in [-0.39, 0.29) is 12.4 Å². The second kappa shape index (κ2) is 8.73. The number of nitrogens with zero attached hydrogens (tertiary/aromatic N) is 2. The Morgan fingerprint density at radius 3 is 2.60 bits per heavy atom. The normalized spacial score (nSPS) is 22.5. The van der Waals surface area contributed by atoms with E-state index in [1.54, 1.807) is 24.3 Å². The monoisotopic (exact) mass is 427 g/mol. The Labute approximate surface area is 168 Å². The molecule has 12 heteroatoms. The van der Waals surface area contributed by atoms with E-state index in [2.05, 4.69) is 10.3 Å². The number of rotatable bonds is 6. The molecule has 3 rings (SSSR count). The summed E-state index contributed by atoms with van der Waals surface area (Å²) in [6.07, 6.45) is -5.97. The average molecular weight is 427 g/mol. The van der Waals surface area contributed by atoms with E-state index in [1.165, 1.54) is 7.11 Å². The Hall–Kier alpha value is -3.09. The number of aliphatic hydroxyl groups is 2. The van der Waals surface area contributed by atoms with Crippen LogP contribution >= 0.6 is 0 Å². The van der Waals surface area contributed by atoms with Crippen LogP contribution in [0.3, 0.4) is 0 Å². The molecule has 3 N–H and O–H groups in total. The third-order valence-corrected chi connectivity index (χ3v) is 4.40. The minimum absolute atomic E-state index is 0.0601. The van der Waals surface area contributed by atoms with Crippen molar-refractivity contribution in [3.63, 3.8) is 0 Å². The number of nitrogens with one attached hydrogen (secondary N) is 1. The Kier molecular flexibility index (Phi) is 6.29. The number of aliphatic hydroxyl groups excluding tert-OH is 2. The van der Waals surface area contributed by atoms with Crippen LogP contribution in [0.1, 0.15) is 11.8 Å². The van der Waals surface area contributed by atoms with Crippen LogP contribution in [0.4, 0.5) is 19.4 Å². The Morgan fingerprint density at radius 2 is 2.03 bits per heavy atom. The number of carbonyl (C=O) groups is 1. The zero-order valence-electron chi connectivity index (χ0n) is 15.7. The van der Waals surface area contributed by atoms with Gasteiger partial charge in [0.1, 0.15) is 24.3 Å². The molecule has 0 radical (unpaired) electrons. The Balaban J connectivity index is 1.63. The first-order valence-corrected chi connectivity index (χ1v) is 8.74. The Bertz CT molecular complexity index is 952. The first-order chi connectivity index (χ1) is 14.3. The first kappa shape index (κ1) is 21.6. The van der Waals surface area contributed by atoms with Gasteiger partial charge in [-0.2, -0.15) is 13.8 Å². The molecule has 10 nitrogen and oxygen atoms in total. The number of anilines is 1. The molecule has 1 aromatic heterocycles. The SMILES string of the molecule is COc1ccc(COC(=O)Nc2ccn([C@@H]3O[C@H](CO)[C@@H](O)C3(F)F)c(=O)n2)cc1. The van der Waals surface area contributed by atoms with Gasteiger partial charge in [-0.3, -0.25) is 9.88 Å². The van der Waals surface area contributed by atoms with E-state index >= 15 is 0 Å². The first-order valence-electron chi connectivity index (χ1n) is 8.74. The summed E-state index contributed by atoms with van der Waals surface area (Å²) in [7, 11) is 1.52. The molecular formula is C18H19F2N3O7. The zero-order valence-corrected chi connectivity index (χ0v) is 15.7. The van der Waals surface area contributed by atoms with Gasteiger partial charge in [-0.25, -0.2) is 9.59 Å². The fourth-order valence-corrected chi connectivity index (χ4v) is 2.79. The summed E-state index contributed by atoms with van der Waals surface area (Å²) in [4.78, 5) is 27.5. The number of benzene rings is 1. The van der Waals surface area contributed by atoms with Crippen LogP contribution in [0.25, 0.3) is 0 Å². The minimum atomic E-state index is -3.83. The van der Waals surface area contributed by atoms with E-state index in [0.717, 1.165) is 12.3 Å². The van der Waals surface area contributed by atoms with Crippen molar-refractivity contribution < 1.29 is 38.0 Å². The predicted molar refractivity (Wildman–Crippen MR) is 97.2 cm³/mol. The van der Waals surface area contributed by atoms with E-state index in [4.69, 9.17) is 19.3 Å². The van der Waals surface area contributed by atoms with Crippen molar-refractivity contribution in [2.45, 2.75) is 31.0 Å². The van der Waals surface area contributed by atoms with Crippen LogP contribution in [0.5, 0.6) is 5.75 Å². The number of aromatic nitrogens is 2. The van der Waals surface area contributed by atoms with Crippen LogP contribution in [-0.4, -0.2) is 57.7 Å². The summed E-state index contributed by atoms with van der Waals surface area (Å²) in [5, 5.41) is 20.8. The van der Waals surface area contributed by atoms with E-state index < -0.39 is 42.7 Å². The molecule has 0 bridgehead atoms. The van der Waals surface area contributed by atoms with Crippen LogP contribution in [-0.2, 0) is 16.1 Å². The van der Waals surface area contributed by atoms with Crippen LogP contribution in [0, 0.1) is 0 Å². The van der Waals surface area contributed by atoms with Crippen LogP contribution < -0.4 is 15.7 Å². The second-order valence-corrected chi connectivity index (χ2v) is 6.38. The molecule has 1 amide bonds. The summed E-state index contributed by atoms with van der Waals surface area (Å²) in [6.45, 7) is -0.912. The number of amides is 1. The standard InChI is InChI=1S/C18H19F2N3O7/c1-28-11-4-2-10(3-5-11)9-29-17(27)22-13-6-7-23(16(26)21-13)15-18(19,20)14(25)12(8-24)30-15/h2-7,12,14-15,24-25H,8-9H2,1H3,(H,21,22,26,27)/t12-,14-,15-/m1/s1. The van der Waals surface area contributed by atoms with Gasteiger partial charge in [-0.15, -0.1) is 0 Å². The number of hydrogen-bond donors (Lipinski definition) is 3. The Morgan fingerprint density at radius 1 is 1.33 bits per heavy atom. The molecule has 30 heavy (non-hydrogen) atoms. The lowest BCUT2D eigenvalue weighted by molar-refractivity contribution is -0.140. The average Bonchev–Trinajstić information content (AvgIpc) is 2.96. The van der Waals surface area contributed by atoms with Gasteiger partial charge in [-0.1, -0.05) is 12.1 Å². The van der Waals surface area contributed by atoms with Crippen LogP contribution in [0.2, 0.25) is 0 Å². The number of alkyl halides is 2. The van der Waals surface area contributed by atoms with Gasteiger partial charge in [-0.05, 0) is 23.8 Å². The van der Waals surface area contributed by atoms with Crippen molar-refractivity contribution >= 4 is 11.9 Å². The fraction of sp³-hybridized carbons (Fsp3) is 0.389. The van der Waals surface area contributed by atoms with Crippen LogP contribution in [0.15, 0.2) is 41.3 Å². The summed E-state index contributed by atoms with van der Waals surface area (Å²) in [6, 6.07) is 7.87. The van der Waals surface area contributed by atoms with Gasteiger partial charge in [0.05, 0.1) is 13.7 Å². The van der Waals surface area contributed by atoms with Gasteiger partial charge in [0, 0.05) is 6.20 Å². The highest BCUT2D eigenvalue weighted by Gasteiger charge is 2.59. The van der Waals surface area contributed by atoms with Gasteiger partial charge in [0.2, 0.25) is 6.23 Å². The third-order valence-electron chi connectivity index (χ3n) is 4.40. The molecule has 0 saturated carbocycles. The summed E-state index contributed by atoms with van der Waals surface area (Å²) in [5.74, 6) is -3.41. The molecule has 1 aromatic carbocycles. The van der Waals surface area contributed by atoms with Crippen molar-refractivity contribution in [2.75, 3.05) is 19.0 Å². The lowest BCUT2D eigenvalue weighted by atomic mass is 10.1. The molecule has 1 saturated heterocycles. The van der Waals surface area contributed by atoms with Gasteiger partial charge in [0.25, 0.3) is 0 Å². The van der Waals surface area contributed by atoms with Crippen molar-refractivity contribution in [3.05, 3.63) is 52.6 Å². The van der Waals surface area contributed by atoms with E-state index in [9.17, 15) is 23.5 Å². The minimum Gasteiger partial charge on any atom is -0.497 e. The van der Waals surface area contributed by atoms with E-state index in [1.807, 2.05) is 0 Å². The summed E-state index contributed by atoms with van der Waals surface area (Å²) >= 11 is 0. The maximum absolute atomic E-state index is 14.2. The van der Waals surface area contributed by atoms with Gasteiger partial charge < -0.3 is 24.4 Å². The molecule has 1 aliphatic heterocycles. The molecule has 1 aliphatic rings. The molecule has 0 unspecified atom stereocenters. The molecule has 1 fully saturated rings. The summed E-state index contributed by atoms with van der Waals surface area (Å²) < 4.78 is 43.7. The number of carbonyl (C=O) groups excluding carboxylic acids is 1. The third kappa shape index (κ3) is 4.40. The van der Waals surface area contributed by atoms with E-state index in [0.29, 0.717) is 15.9 Å². The maximum Gasteiger partial charge on any atom is 0.413 e. The van der Waals surface area contributed by atoms with Gasteiger partial charge in [0.15, 0.2) is 6.10 Å². The highest BCUT2D eigenvalue weighted by atomic mass is 19.3. The highest BCUT2D eigenvalue weighted by molar-refractivity contribution is 5.83. The number of ether oxygens (including phenoxy) is 3. The van der Waals surface area contributed by atoms with Crippen molar-refractivity contribution in [3.8, 4) is 5.75 Å². The molecule has 0 aliphatic carbocycles. The highest BCUT2D eigenvalue weighted by Crippen LogP contribution is 2.41. The molecule has 162 valence electrons. The molecule has 2 heterocycles. The molecular weight excluding hydrogens is 408 g/mol. The summed E-state index contributed by atoms with van der Waals surface area (Å²) in [5.41, 5.74) is -0.467. The van der Waals surface area contributed by atoms with Crippen molar-refractivity contribution in [1.29, 1.82) is 0 Å². The molecule has 3 atom stereocenters. The lowest BCUT2D eigenvalue weighted by Crippen LogP contribution is -2.41. The van der Waals surface area contributed by atoms with Crippen molar-refractivity contribution in [2.24, 2.45) is 0 Å². The lowest BCUT2D eigenvalue weighted by Gasteiger charge is -2.21. The maximum atomic E-state index is 14.2. The molecule has 2 aromatic rings. The van der Waals surface area contributed by atoms with Gasteiger partial charge >= 0.3 is 17.7 Å². The van der Waals surface area contributed by atoms with Crippen molar-refractivity contribution in [1.82, 2.24) is 9.55 Å². The predicted octanol–water partition coefficient (Wildman–Crippen LogP) is 0.886. The number of halogens is 2. The fourth-order valence-electron chi connectivity index (χ4n) is 2.79. The largest absolute Gasteiger partial charge is 0.497 e. The second-order valence-electron chi connectivity index (χ2n) is 6.38. The quantitative estimate of drug-likeness (QED) is 0.619.